The first-order valence-electron chi connectivity index (χ1n) is 9.24. The highest BCUT2D eigenvalue weighted by Gasteiger charge is 2.18. The number of hydrogen-bond acceptors (Lipinski definition) is 4. The molecular weight excluding hydrogens is 400 g/mol. The normalized spacial score (nSPS) is 11.0. The van der Waals surface area contributed by atoms with Crippen LogP contribution in [0.1, 0.15) is 31.8 Å². The largest absolute Gasteiger partial charge is 0.322 e. The molecular formula is C23H22N2O4S. The Hall–Kier alpha value is -3.45. The van der Waals surface area contributed by atoms with Gasteiger partial charge in [-0.05, 0) is 61.4 Å². The summed E-state index contributed by atoms with van der Waals surface area (Å²) < 4.78 is 23.7. The Bertz CT molecular complexity index is 1230. The molecule has 30 heavy (non-hydrogen) atoms. The molecule has 0 aliphatic carbocycles. The van der Waals surface area contributed by atoms with Crippen molar-refractivity contribution in [3.8, 4) is 0 Å². The predicted molar refractivity (Wildman–Crippen MR) is 118 cm³/mol. The number of carbonyl (C=O) groups excluding carboxylic acids is 2. The molecule has 3 aromatic carbocycles. The van der Waals surface area contributed by atoms with Gasteiger partial charge in [0.15, 0.2) is 9.84 Å². The first-order chi connectivity index (χ1) is 14.1. The van der Waals surface area contributed by atoms with Crippen LogP contribution in [0.25, 0.3) is 0 Å². The van der Waals surface area contributed by atoms with Crippen LogP contribution in [-0.2, 0) is 9.84 Å². The molecule has 0 atom stereocenters. The van der Waals surface area contributed by atoms with E-state index in [4.69, 9.17) is 0 Å². The Morgan fingerprint density at radius 3 is 2.17 bits per heavy atom. The highest BCUT2D eigenvalue weighted by Crippen LogP contribution is 2.21. The molecule has 154 valence electrons. The molecule has 0 aliphatic rings. The monoisotopic (exact) mass is 422 g/mol. The van der Waals surface area contributed by atoms with Gasteiger partial charge in [-0.25, -0.2) is 8.42 Å². The van der Waals surface area contributed by atoms with Crippen molar-refractivity contribution in [2.75, 3.05) is 16.9 Å². The van der Waals surface area contributed by atoms with Crippen LogP contribution in [0.2, 0.25) is 0 Å². The molecule has 0 radical (unpaired) electrons. The van der Waals surface area contributed by atoms with Gasteiger partial charge in [-0.3, -0.25) is 9.59 Å². The van der Waals surface area contributed by atoms with Gasteiger partial charge in [0.1, 0.15) is 0 Å². The Morgan fingerprint density at radius 2 is 1.47 bits per heavy atom. The minimum absolute atomic E-state index is 0.0590. The van der Waals surface area contributed by atoms with Gasteiger partial charge in [0, 0.05) is 17.5 Å². The zero-order valence-electron chi connectivity index (χ0n) is 16.9. The quantitative estimate of drug-likeness (QED) is 0.644. The van der Waals surface area contributed by atoms with Crippen LogP contribution in [-0.4, -0.2) is 26.5 Å². The first kappa shape index (κ1) is 21.3. The number of hydrogen-bond donors (Lipinski definition) is 2. The Labute approximate surface area is 175 Å². The van der Waals surface area contributed by atoms with Crippen molar-refractivity contribution < 1.29 is 18.0 Å². The van der Waals surface area contributed by atoms with Crippen molar-refractivity contribution in [3.63, 3.8) is 0 Å². The van der Waals surface area contributed by atoms with Gasteiger partial charge < -0.3 is 10.6 Å². The Balaban J connectivity index is 1.88. The molecule has 0 saturated heterocycles. The maximum Gasteiger partial charge on any atom is 0.257 e. The van der Waals surface area contributed by atoms with Gasteiger partial charge in [0.05, 0.1) is 16.1 Å². The van der Waals surface area contributed by atoms with E-state index in [2.05, 4.69) is 10.6 Å². The Morgan fingerprint density at radius 1 is 0.767 bits per heavy atom. The number of benzene rings is 3. The molecule has 0 bridgehead atoms. The number of carbonyl (C=O) groups is 2. The lowest BCUT2D eigenvalue weighted by Gasteiger charge is -2.13. The van der Waals surface area contributed by atoms with E-state index in [1.165, 1.54) is 12.1 Å². The predicted octanol–water partition coefficient (Wildman–Crippen LogP) is 4.21. The van der Waals surface area contributed by atoms with E-state index >= 15 is 0 Å². The second-order valence-electron chi connectivity index (χ2n) is 7.07. The summed E-state index contributed by atoms with van der Waals surface area (Å²) in [4.78, 5) is 25.7. The molecule has 0 heterocycles. The zero-order valence-corrected chi connectivity index (χ0v) is 17.7. The van der Waals surface area contributed by atoms with Gasteiger partial charge in [-0.15, -0.1) is 0 Å². The first-order valence-corrected chi connectivity index (χ1v) is 11.1. The van der Waals surface area contributed by atoms with Crippen LogP contribution in [0, 0.1) is 13.8 Å². The summed E-state index contributed by atoms with van der Waals surface area (Å²) in [6.45, 7) is 3.65. The second kappa shape index (κ2) is 8.51. The molecule has 0 aliphatic heterocycles. The maximum atomic E-state index is 12.9. The average Bonchev–Trinajstić information content (AvgIpc) is 2.67. The average molecular weight is 423 g/mol. The molecule has 2 amide bonds. The molecule has 6 nitrogen and oxygen atoms in total. The van der Waals surface area contributed by atoms with E-state index in [1.807, 2.05) is 25.1 Å². The maximum absolute atomic E-state index is 12.9. The van der Waals surface area contributed by atoms with E-state index in [0.29, 0.717) is 22.5 Å². The lowest BCUT2D eigenvalue weighted by atomic mass is 10.1. The van der Waals surface area contributed by atoms with Crippen molar-refractivity contribution in [2.45, 2.75) is 18.7 Å². The zero-order chi connectivity index (χ0) is 21.9. The lowest BCUT2D eigenvalue weighted by Crippen LogP contribution is -2.19. The number of rotatable bonds is 5. The smallest absolute Gasteiger partial charge is 0.257 e. The number of anilines is 2. The molecule has 3 rings (SSSR count). The van der Waals surface area contributed by atoms with Crippen LogP contribution in [0.4, 0.5) is 11.4 Å². The summed E-state index contributed by atoms with van der Waals surface area (Å²) in [5, 5.41) is 5.55. The van der Waals surface area contributed by atoms with Gasteiger partial charge in [0.25, 0.3) is 11.8 Å². The summed E-state index contributed by atoms with van der Waals surface area (Å²) in [7, 11) is -3.45. The van der Waals surface area contributed by atoms with Crippen molar-refractivity contribution in [1.29, 1.82) is 0 Å². The van der Waals surface area contributed by atoms with E-state index in [-0.39, 0.29) is 16.4 Å². The van der Waals surface area contributed by atoms with Gasteiger partial charge in [0.2, 0.25) is 0 Å². The van der Waals surface area contributed by atoms with Gasteiger partial charge in [-0.2, -0.15) is 0 Å². The molecule has 7 heteroatoms. The van der Waals surface area contributed by atoms with Crippen LogP contribution in [0.5, 0.6) is 0 Å². The van der Waals surface area contributed by atoms with Crippen molar-refractivity contribution >= 4 is 33.0 Å². The van der Waals surface area contributed by atoms with Crippen molar-refractivity contribution in [1.82, 2.24) is 0 Å². The van der Waals surface area contributed by atoms with Crippen LogP contribution < -0.4 is 10.6 Å². The van der Waals surface area contributed by atoms with E-state index in [0.717, 1.165) is 11.8 Å². The molecule has 2 N–H and O–H groups in total. The SMILES string of the molecule is Cc1cccc(NC(=O)c2ccccc2NC(=O)c2cc(S(C)(=O)=O)ccc2C)c1. The summed E-state index contributed by atoms with van der Waals surface area (Å²) in [5.41, 5.74) is 3.14. The summed E-state index contributed by atoms with van der Waals surface area (Å²) in [6.07, 6.45) is 1.09. The lowest BCUT2D eigenvalue weighted by molar-refractivity contribution is 0.102. The van der Waals surface area contributed by atoms with Crippen molar-refractivity contribution in [2.24, 2.45) is 0 Å². The number of nitrogens with one attached hydrogen (secondary N) is 2. The highest BCUT2D eigenvalue weighted by molar-refractivity contribution is 7.90. The van der Waals surface area contributed by atoms with Gasteiger partial charge in [-0.1, -0.05) is 30.3 Å². The van der Waals surface area contributed by atoms with Crippen LogP contribution in [0.15, 0.2) is 71.6 Å². The number of aryl methyl sites for hydroxylation is 2. The third-order valence-corrected chi connectivity index (χ3v) is 5.69. The fourth-order valence-corrected chi connectivity index (χ4v) is 3.62. The third kappa shape index (κ3) is 4.93. The molecule has 0 aromatic heterocycles. The second-order valence-corrected chi connectivity index (χ2v) is 9.09. The van der Waals surface area contributed by atoms with E-state index in [9.17, 15) is 18.0 Å². The molecule has 0 fully saturated rings. The third-order valence-electron chi connectivity index (χ3n) is 4.58. The van der Waals surface area contributed by atoms with Crippen molar-refractivity contribution in [3.05, 3.63) is 89.0 Å². The molecule has 0 saturated carbocycles. The van der Waals surface area contributed by atoms with Gasteiger partial charge >= 0.3 is 0 Å². The summed E-state index contributed by atoms with van der Waals surface area (Å²) in [6, 6.07) is 18.4. The molecule has 3 aromatic rings. The minimum atomic E-state index is -3.45. The standard InChI is InChI=1S/C23H22N2O4S/c1-15-7-6-8-17(13-15)24-22(26)19-9-4-5-10-21(19)25-23(27)20-14-18(30(3,28)29)12-11-16(20)2/h4-14H,1-3H3,(H,24,26)(H,25,27). The highest BCUT2D eigenvalue weighted by atomic mass is 32.2. The molecule has 0 spiro atoms. The topological polar surface area (TPSA) is 92.3 Å². The Kier molecular flexibility index (Phi) is 6.03. The summed E-state index contributed by atoms with van der Waals surface area (Å²) >= 11 is 0. The fraction of sp³-hybridized carbons (Fsp3) is 0.130. The molecule has 0 unspecified atom stereocenters. The summed E-state index contributed by atoms with van der Waals surface area (Å²) in [5.74, 6) is -0.855. The van der Waals surface area contributed by atoms with E-state index < -0.39 is 15.7 Å². The van der Waals surface area contributed by atoms with Crippen LogP contribution >= 0.6 is 0 Å². The minimum Gasteiger partial charge on any atom is -0.322 e. The fourth-order valence-electron chi connectivity index (χ4n) is 2.98. The van der Waals surface area contributed by atoms with Crippen LogP contribution in [0.3, 0.4) is 0 Å². The number of para-hydroxylation sites is 1. The number of amides is 2. The van der Waals surface area contributed by atoms with E-state index in [1.54, 1.807) is 43.3 Å². The number of sulfone groups is 1.